The van der Waals surface area contributed by atoms with Crippen molar-refractivity contribution in [2.45, 2.75) is 33.0 Å². The van der Waals surface area contributed by atoms with Crippen LogP contribution in [-0.4, -0.2) is 18.0 Å². The summed E-state index contributed by atoms with van der Waals surface area (Å²) >= 11 is 0. The van der Waals surface area contributed by atoms with Gasteiger partial charge in [0.25, 0.3) is 0 Å². The molecule has 0 bridgehead atoms. The maximum Gasteiger partial charge on any atom is 0.211 e. The van der Waals surface area contributed by atoms with Crippen molar-refractivity contribution in [1.29, 1.82) is 0 Å². The molecule has 1 saturated heterocycles. The summed E-state index contributed by atoms with van der Waals surface area (Å²) in [5, 5.41) is 0. The lowest BCUT2D eigenvalue weighted by molar-refractivity contribution is -0.119. The Bertz CT molecular complexity index is 226. The summed E-state index contributed by atoms with van der Waals surface area (Å²) in [6, 6.07) is 0. The zero-order valence-corrected chi connectivity index (χ0v) is 7.70. The highest BCUT2D eigenvalue weighted by Gasteiger charge is 2.40. The fraction of sp³-hybridized carbons (Fsp3) is 0.700. The van der Waals surface area contributed by atoms with Crippen LogP contribution in [-0.2, 0) is 9.53 Å². The zero-order valence-electron chi connectivity index (χ0n) is 7.70. The average Bonchev–Trinajstić information content (AvgIpc) is 2.26. The number of carbonyl (C=O) groups excluding carboxylic acids is 1. The summed E-state index contributed by atoms with van der Waals surface area (Å²) in [6.07, 6.45) is 5.18. The number of Topliss-reactive ketones (excluding diaryl/α,β-unsaturated/α-hetero) is 1. The molecular formula is C10H14O2. The van der Waals surface area contributed by atoms with Crippen LogP contribution in [0, 0.1) is 24.2 Å². The van der Waals surface area contributed by atoms with Crippen molar-refractivity contribution in [3.05, 3.63) is 0 Å². The Balaban J connectivity index is 2.78. The zero-order chi connectivity index (χ0) is 9.30. The first-order valence-corrected chi connectivity index (χ1v) is 4.23. The van der Waals surface area contributed by atoms with Crippen molar-refractivity contribution in [3.8, 4) is 12.3 Å². The third-order valence-corrected chi connectivity index (χ3v) is 2.69. The molecule has 1 aliphatic heterocycles. The lowest BCUT2D eigenvalue weighted by atomic mass is 9.86. The van der Waals surface area contributed by atoms with E-state index in [2.05, 4.69) is 5.92 Å². The molecule has 0 aliphatic carbocycles. The molecular weight excluding hydrogens is 152 g/mol. The molecule has 0 spiro atoms. The SMILES string of the molecule is C#CC(=O)C1C(C)OC(C)C1C. The molecule has 0 aromatic rings. The molecule has 1 rings (SSSR count). The molecule has 4 unspecified atom stereocenters. The minimum Gasteiger partial charge on any atom is -0.374 e. The van der Waals surface area contributed by atoms with Crippen LogP contribution in [0.5, 0.6) is 0 Å². The van der Waals surface area contributed by atoms with Crippen LogP contribution < -0.4 is 0 Å². The summed E-state index contributed by atoms with van der Waals surface area (Å²) in [4.78, 5) is 11.3. The molecule has 4 atom stereocenters. The highest BCUT2D eigenvalue weighted by atomic mass is 16.5. The van der Waals surface area contributed by atoms with Crippen LogP contribution in [0.3, 0.4) is 0 Å². The van der Waals surface area contributed by atoms with E-state index in [1.165, 1.54) is 0 Å². The standard InChI is InChI=1S/C10H14O2/c1-5-9(11)10-6(2)7(3)12-8(10)4/h1,6-8,10H,2-4H3. The molecule has 1 fully saturated rings. The van der Waals surface area contributed by atoms with E-state index in [0.717, 1.165) is 0 Å². The smallest absolute Gasteiger partial charge is 0.211 e. The van der Waals surface area contributed by atoms with Gasteiger partial charge in [0.05, 0.1) is 18.1 Å². The molecule has 0 saturated carbocycles. The Kier molecular flexibility index (Phi) is 2.54. The Hall–Kier alpha value is -0.810. The maximum atomic E-state index is 11.3. The van der Waals surface area contributed by atoms with E-state index in [1.54, 1.807) is 0 Å². The largest absolute Gasteiger partial charge is 0.374 e. The van der Waals surface area contributed by atoms with Gasteiger partial charge in [0.2, 0.25) is 5.78 Å². The highest BCUT2D eigenvalue weighted by molar-refractivity contribution is 5.97. The number of hydrogen-bond donors (Lipinski definition) is 0. The van der Waals surface area contributed by atoms with E-state index >= 15 is 0 Å². The van der Waals surface area contributed by atoms with Gasteiger partial charge in [-0.15, -0.1) is 6.42 Å². The molecule has 0 radical (unpaired) electrons. The second-order valence-corrected chi connectivity index (χ2v) is 3.44. The van der Waals surface area contributed by atoms with Crippen molar-refractivity contribution in [2.24, 2.45) is 11.8 Å². The van der Waals surface area contributed by atoms with E-state index in [9.17, 15) is 4.79 Å². The Morgan fingerprint density at radius 2 is 1.92 bits per heavy atom. The first-order chi connectivity index (χ1) is 5.57. The van der Waals surface area contributed by atoms with Gasteiger partial charge in [-0.05, 0) is 25.7 Å². The Morgan fingerprint density at radius 1 is 1.33 bits per heavy atom. The molecule has 1 aliphatic rings. The number of carbonyl (C=O) groups is 1. The molecule has 2 nitrogen and oxygen atoms in total. The van der Waals surface area contributed by atoms with Gasteiger partial charge in [0.1, 0.15) is 0 Å². The first kappa shape index (κ1) is 9.28. The molecule has 0 amide bonds. The lowest BCUT2D eigenvalue weighted by Gasteiger charge is -2.12. The van der Waals surface area contributed by atoms with Crippen LogP contribution in [0.4, 0.5) is 0 Å². The van der Waals surface area contributed by atoms with Gasteiger partial charge in [0, 0.05) is 0 Å². The van der Waals surface area contributed by atoms with Gasteiger partial charge < -0.3 is 4.74 Å². The Morgan fingerprint density at radius 3 is 2.25 bits per heavy atom. The molecule has 0 N–H and O–H groups in total. The molecule has 12 heavy (non-hydrogen) atoms. The molecule has 0 aromatic carbocycles. The van der Waals surface area contributed by atoms with E-state index in [0.29, 0.717) is 0 Å². The van der Waals surface area contributed by atoms with E-state index in [1.807, 2.05) is 20.8 Å². The second kappa shape index (κ2) is 3.28. The van der Waals surface area contributed by atoms with Crippen LogP contribution in [0.1, 0.15) is 20.8 Å². The third-order valence-electron chi connectivity index (χ3n) is 2.69. The Labute approximate surface area is 73.3 Å². The van der Waals surface area contributed by atoms with Gasteiger partial charge in [-0.25, -0.2) is 0 Å². The summed E-state index contributed by atoms with van der Waals surface area (Å²) < 4.78 is 5.49. The predicted octanol–water partition coefficient (Wildman–Crippen LogP) is 1.25. The van der Waals surface area contributed by atoms with Crippen LogP contribution in [0.25, 0.3) is 0 Å². The van der Waals surface area contributed by atoms with Gasteiger partial charge >= 0.3 is 0 Å². The molecule has 0 aromatic heterocycles. The topological polar surface area (TPSA) is 26.3 Å². The minimum atomic E-state index is -0.126. The monoisotopic (exact) mass is 166 g/mol. The predicted molar refractivity (Wildman–Crippen MR) is 46.5 cm³/mol. The fourth-order valence-electron chi connectivity index (χ4n) is 1.81. The van der Waals surface area contributed by atoms with E-state index in [4.69, 9.17) is 11.2 Å². The van der Waals surface area contributed by atoms with Crippen molar-refractivity contribution >= 4 is 5.78 Å². The molecule has 2 heteroatoms. The van der Waals surface area contributed by atoms with Crippen LogP contribution in [0.15, 0.2) is 0 Å². The average molecular weight is 166 g/mol. The van der Waals surface area contributed by atoms with Crippen molar-refractivity contribution < 1.29 is 9.53 Å². The van der Waals surface area contributed by atoms with E-state index in [-0.39, 0.29) is 29.8 Å². The minimum absolute atomic E-state index is 0.0291. The second-order valence-electron chi connectivity index (χ2n) is 3.44. The number of ketones is 1. The quantitative estimate of drug-likeness (QED) is 0.433. The van der Waals surface area contributed by atoms with Crippen molar-refractivity contribution in [3.63, 3.8) is 0 Å². The molecule has 1 heterocycles. The number of ether oxygens (including phenoxy) is 1. The molecule has 66 valence electrons. The summed E-state index contributed by atoms with van der Waals surface area (Å²) in [6.45, 7) is 5.89. The first-order valence-electron chi connectivity index (χ1n) is 4.23. The van der Waals surface area contributed by atoms with Gasteiger partial charge in [-0.1, -0.05) is 6.92 Å². The van der Waals surface area contributed by atoms with Gasteiger partial charge in [0.15, 0.2) is 0 Å². The van der Waals surface area contributed by atoms with Crippen LogP contribution >= 0.6 is 0 Å². The van der Waals surface area contributed by atoms with Crippen molar-refractivity contribution in [2.75, 3.05) is 0 Å². The van der Waals surface area contributed by atoms with Gasteiger partial charge in [-0.2, -0.15) is 0 Å². The van der Waals surface area contributed by atoms with Gasteiger partial charge in [-0.3, -0.25) is 4.79 Å². The number of hydrogen-bond acceptors (Lipinski definition) is 2. The van der Waals surface area contributed by atoms with Crippen LogP contribution in [0.2, 0.25) is 0 Å². The van der Waals surface area contributed by atoms with E-state index < -0.39 is 0 Å². The lowest BCUT2D eigenvalue weighted by Crippen LogP contribution is -2.25. The summed E-state index contributed by atoms with van der Waals surface area (Å²) in [5.41, 5.74) is 0. The fourth-order valence-corrected chi connectivity index (χ4v) is 1.81. The number of terminal acetylenes is 1. The summed E-state index contributed by atoms with van der Waals surface area (Å²) in [7, 11) is 0. The highest BCUT2D eigenvalue weighted by Crippen LogP contribution is 2.32. The maximum absolute atomic E-state index is 11.3. The third kappa shape index (κ3) is 1.37. The normalized spacial score (nSPS) is 40.8. The summed E-state index contributed by atoms with van der Waals surface area (Å²) in [5.74, 6) is 2.18. The number of rotatable bonds is 1. The van der Waals surface area contributed by atoms with Crippen molar-refractivity contribution in [1.82, 2.24) is 0 Å².